The maximum atomic E-state index is 12.4. The Bertz CT molecular complexity index is 523. The van der Waals surface area contributed by atoms with Crippen LogP contribution in [0.5, 0.6) is 0 Å². The van der Waals surface area contributed by atoms with Gasteiger partial charge >= 0.3 is 6.18 Å². The van der Waals surface area contributed by atoms with Crippen molar-refractivity contribution in [3.05, 3.63) is 53.3 Å². The number of pyridine rings is 1. The molecule has 2 aromatic rings. The number of alkyl halides is 3. The van der Waals surface area contributed by atoms with Gasteiger partial charge < -0.3 is 0 Å². The van der Waals surface area contributed by atoms with E-state index in [1.54, 1.807) is 24.5 Å². The van der Waals surface area contributed by atoms with Crippen LogP contribution in [0.15, 0.2) is 42.7 Å². The van der Waals surface area contributed by atoms with Gasteiger partial charge in [-0.05, 0) is 18.2 Å². The van der Waals surface area contributed by atoms with E-state index in [0.29, 0.717) is 11.1 Å². The average molecular weight is 258 g/mol. The van der Waals surface area contributed by atoms with Gasteiger partial charge in [0.1, 0.15) is 0 Å². The first kappa shape index (κ1) is 11.9. The van der Waals surface area contributed by atoms with Gasteiger partial charge in [-0.2, -0.15) is 13.2 Å². The van der Waals surface area contributed by atoms with Crippen molar-refractivity contribution in [3.63, 3.8) is 0 Å². The van der Waals surface area contributed by atoms with Crippen LogP contribution in [0.1, 0.15) is 5.56 Å². The Hall–Kier alpha value is -1.55. The maximum Gasteiger partial charge on any atom is 0.416 e. The summed E-state index contributed by atoms with van der Waals surface area (Å²) in [5, 5.41) is 0.0628. The molecular formula is C12H7ClF3N. The van der Waals surface area contributed by atoms with E-state index in [4.69, 9.17) is 11.6 Å². The van der Waals surface area contributed by atoms with Gasteiger partial charge in [-0.25, -0.2) is 0 Å². The maximum absolute atomic E-state index is 12.4. The molecule has 0 unspecified atom stereocenters. The molecule has 1 aromatic carbocycles. The Kier molecular flexibility index (Phi) is 3.07. The number of aromatic nitrogens is 1. The zero-order chi connectivity index (χ0) is 12.5. The highest BCUT2D eigenvalue weighted by Crippen LogP contribution is 2.35. The van der Waals surface area contributed by atoms with Crippen LogP contribution in [-0.2, 0) is 6.18 Å². The van der Waals surface area contributed by atoms with Crippen LogP contribution in [0.4, 0.5) is 13.2 Å². The highest BCUT2D eigenvalue weighted by Gasteiger charge is 2.30. The zero-order valence-corrected chi connectivity index (χ0v) is 9.26. The monoisotopic (exact) mass is 257 g/mol. The molecule has 1 aromatic heterocycles. The number of rotatable bonds is 1. The third-order valence-electron chi connectivity index (χ3n) is 2.27. The Morgan fingerprint density at radius 3 is 2.41 bits per heavy atom. The molecular weight excluding hydrogens is 251 g/mol. The highest BCUT2D eigenvalue weighted by atomic mass is 35.5. The summed E-state index contributed by atoms with van der Waals surface area (Å²) < 4.78 is 37.3. The molecule has 0 bridgehead atoms. The normalized spacial score (nSPS) is 11.5. The number of benzene rings is 1. The van der Waals surface area contributed by atoms with Crippen molar-refractivity contribution < 1.29 is 13.2 Å². The second-order valence-electron chi connectivity index (χ2n) is 3.43. The molecule has 0 spiro atoms. The summed E-state index contributed by atoms with van der Waals surface area (Å²) in [6, 6.07) is 6.71. The van der Waals surface area contributed by atoms with Gasteiger partial charge in [0.2, 0.25) is 0 Å². The molecule has 17 heavy (non-hydrogen) atoms. The number of halogens is 4. The minimum Gasteiger partial charge on any atom is -0.264 e. The van der Waals surface area contributed by atoms with Crippen molar-refractivity contribution >= 4 is 11.6 Å². The van der Waals surface area contributed by atoms with Crippen LogP contribution in [0.2, 0.25) is 5.02 Å². The van der Waals surface area contributed by atoms with Gasteiger partial charge in [-0.3, -0.25) is 4.98 Å². The van der Waals surface area contributed by atoms with Gasteiger partial charge in [0.15, 0.2) is 0 Å². The summed E-state index contributed by atoms with van der Waals surface area (Å²) in [7, 11) is 0. The molecule has 1 heterocycles. The van der Waals surface area contributed by atoms with Gasteiger partial charge in [0.25, 0.3) is 0 Å². The van der Waals surface area contributed by atoms with Crippen molar-refractivity contribution in [1.82, 2.24) is 4.98 Å². The van der Waals surface area contributed by atoms with E-state index in [0.717, 1.165) is 12.1 Å². The third-order valence-corrected chi connectivity index (χ3v) is 2.58. The number of nitrogens with zero attached hydrogens (tertiary/aromatic N) is 1. The molecule has 88 valence electrons. The minimum absolute atomic E-state index is 0.0628. The second kappa shape index (κ2) is 4.37. The van der Waals surface area contributed by atoms with Gasteiger partial charge in [-0.1, -0.05) is 23.7 Å². The fourth-order valence-electron chi connectivity index (χ4n) is 1.45. The quantitative estimate of drug-likeness (QED) is 0.737. The Morgan fingerprint density at radius 1 is 1.12 bits per heavy atom. The smallest absolute Gasteiger partial charge is 0.264 e. The van der Waals surface area contributed by atoms with Crippen molar-refractivity contribution in [2.45, 2.75) is 6.18 Å². The van der Waals surface area contributed by atoms with Crippen LogP contribution in [0, 0.1) is 0 Å². The zero-order valence-electron chi connectivity index (χ0n) is 8.50. The van der Waals surface area contributed by atoms with Crippen LogP contribution < -0.4 is 0 Å². The summed E-state index contributed by atoms with van der Waals surface area (Å²) in [4.78, 5) is 3.89. The Balaban J connectivity index is 2.46. The summed E-state index contributed by atoms with van der Waals surface area (Å²) in [6.45, 7) is 0. The molecule has 0 radical (unpaired) electrons. The van der Waals surface area contributed by atoms with Crippen LogP contribution in [0.25, 0.3) is 11.1 Å². The van der Waals surface area contributed by atoms with E-state index < -0.39 is 11.7 Å². The lowest BCUT2D eigenvalue weighted by Gasteiger charge is -2.09. The molecule has 0 N–H and O–H groups in total. The lowest BCUT2D eigenvalue weighted by Crippen LogP contribution is -2.04. The summed E-state index contributed by atoms with van der Waals surface area (Å²) in [5.74, 6) is 0. The van der Waals surface area contributed by atoms with Crippen molar-refractivity contribution in [2.75, 3.05) is 0 Å². The summed E-state index contributed by atoms with van der Waals surface area (Å²) >= 11 is 5.84. The molecule has 1 nitrogen and oxygen atoms in total. The van der Waals surface area contributed by atoms with Gasteiger partial charge in [0, 0.05) is 28.5 Å². The Morgan fingerprint density at radius 2 is 1.88 bits per heavy atom. The molecule has 0 saturated carbocycles. The Labute approximate surface area is 101 Å². The molecule has 0 aliphatic rings. The second-order valence-corrected chi connectivity index (χ2v) is 3.84. The molecule has 0 atom stereocenters. The topological polar surface area (TPSA) is 12.9 Å². The first-order valence-corrected chi connectivity index (χ1v) is 5.13. The van der Waals surface area contributed by atoms with E-state index in [1.807, 2.05) is 0 Å². The third kappa shape index (κ3) is 2.58. The van der Waals surface area contributed by atoms with E-state index in [9.17, 15) is 13.2 Å². The number of hydrogen-bond donors (Lipinski definition) is 0. The predicted molar refractivity (Wildman–Crippen MR) is 59.7 cm³/mol. The number of hydrogen-bond acceptors (Lipinski definition) is 1. The summed E-state index contributed by atoms with van der Waals surface area (Å²) in [6.07, 6.45) is -1.24. The molecule has 0 fully saturated rings. The van der Waals surface area contributed by atoms with Crippen molar-refractivity contribution in [3.8, 4) is 11.1 Å². The molecule has 5 heteroatoms. The van der Waals surface area contributed by atoms with Crippen LogP contribution in [0.3, 0.4) is 0 Å². The highest BCUT2D eigenvalue weighted by molar-refractivity contribution is 6.33. The van der Waals surface area contributed by atoms with Crippen LogP contribution in [-0.4, -0.2) is 4.98 Å². The largest absolute Gasteiger partial charge is 0.416 e. The van der Waals surface area contributed by atoms with E-state index in [-0.39, 0.29) is 5.02 Å². The fraction of sp³-hybridized carbons (Fsp3) is 0.0833. The van der Waals surface area contributed by atoms with Crippen molar-refractivity contribution in [2.24, 2.45) is 0 Å². The molecule has 0 amide bonds. The molecule has 0 aliphatic heterocycles. The predicted octanol–water partition coefficient (Wildman–Crippen LogP) is 4.42. The van der Waals surface area contributed by atoms with Gasteiger partial charge in [0.05, 0.1) is 5.56 Å². The summed E-state index contributed by atoms with van der Waals surface area (Å²) in [5.41, 5.74) is 0.467. The average Bonchev–Trinajstić information content (AvgIpc) is 2.29. The SMILES string of the molecule is FC(F)(F)c1ccc(-c2cccnc2)c(Cl)c1. The van der Waals surface area contributed by atoms with Crippen LogP contribution >= 0.6 is 11.6 Å². The van der Waals surface area contributed by atoms with E-state index in [1.165, 1.54) is 6.07 Å². The fourth-order valence-corrected chi connectivity index (χ4v) is 1.74. The standard InChI is InChI=1S/C12H7ClF3N/c13-11-6-9(12(14,15)16)3-4-10(11)8-2-1-5-17-7-8/h1-7H. The van der Waals surface area contributed by atoms with Crippen molar-refractivity contribution in [1.29, 1.82) is 0 Å². The lowest BCUT2D eigenvalue weighted by molar-refractivity contribution is -0.137. The first-order chi connectivity index (χ1) is 7.98. The molecule has 2 rings (SSSR count). The lowest BCUT2D eigenvalue weighted by atomic mass is 10.1. The van der Waals surface area contributed by atoms with E-state index in [2.05, 4.69) is 4.98 Å². The minimum atomic E-state index is -4.38. The van der Waals surface area contributed by atoms with E-state index >= 15 is 0 Å². The molecule has 0 aliphatic carbocycles. The first-order valence-electron chi connectivity index (χ1n) is 4.75. The van der Waals surface area contributed by atoms with Gasteiger partial charge in [-0.15, -0.1) is 0 Å². The molecule has 0 saturated heterocycles.